The maximum Gasteiger partial charge on any atom is 0.123 e. The van der Waals surface area contributed by atoms with E-state index in [4.69, 9.17) is 10.5 Å². The van der Waals surface area contributed by atoms with Crippen molar-refractivity contribution < 1.29 is 4.74 Å². The number of rotatable bonds is 6. The molecule has 2 aromatic rings. The average Bonchev–Trinajstić information content (AvgIpc) is 2.50. The first kappa shape index (κ1) is 15.5. The van der Waals surface area contributed by atoms with Crippen molar-refractivity contribution in [1.82, 2.24) is 4.90 Å². The molecule has 3 heteroatoms. The Morgan fingerprint density at radius 1 is 1.10 bits per heavy atom. The number of nitrogens with zero attached hydrogens (tertiary/aromatic N) is 1. The van der Waals surface area contributed by atoms with Crippen molar-refractivity contribution in [3.05, 3.63) is 65.2 Å². The molecule has 0 radical (unpaired) electrons. The molecular formula is C18H24N2O. The minimum absolute atomic E-state index is 0.205. The Bertz CT molecular complexity index is 583. The molecule has 0 saturated heterocycles. The van der Waals surface area contributed by atoms with Crippen LogP contribution in [0.2, 0.25) is 0 Å². The molecule has 3 nitrogen and oxygen atoms in total. The van der Waals surface area contributed by atoms with Crippen molar-refractivity contribution >= 4 is 0 Å². The molecule has 1 atom stereocenters. The lowest BCUT2D eigenvalue weighted by Gasteiger charge is -2.29. The van der Waals surface area contributed by atoms with E-state index in [0.29, 0.717) is 6.54 Å². The fourth-order valence-electron chi connectivity index (χ4n) is 2.72. The van der Waals surface area contributed by atoms with E-state index in [1.54, 1.807) is 7.11 Å². The number of hydrogen-bond donors (Lipinski definition) is 1. The number of methoxy groups -OCH3 is 1. The van der Waals surface area contributed by atoms with Crippen molar-refractivity contribution in [2.24, 2.45) is 5.73 Å². The Hall–Kier alpha value is -1.84. The minimum Gasteiger partial charge on any atom is -0.496 e. The standard InChI is InChI=1S/C18H24N2O/c1-14-8-4-6-10-16(14)17(12-19)20(2)13-15-9-5-7-11-18(15)21-3/h4-11,17H,12-13,19H2,1-3H3. The van der Waals surface area contributed by atoms with Crippen molar-refractivity contribution in [2.75, 3.05) is 20.7 Å². The van der Waals surface area contributed by atoms with Gasteiger partial charge in [0.05, 0.1) is 7.11 Å². The van der Waals surface area contributed by atoms with Gasteiger partial charge in [-0.05, 0) is 31.2 Å². The number of nitrogens with two attached hydrogens (primary N) is 1. The zero-order valence-corrected chi connectivity index (χ0v) is 13.0. The van der Waals surface area contributed by atoms with E-state index in [1.807, 2.05) is 18.2 Å². The molecule has 0 saturated carbocycles. The third kappa shape index (κ3) is 3.63. The first-order chi connectivity index (χ1) is 10.2. The van der Waals surface area contributed by atoms with Crippen LogP contribution in [0.15, 0.2) is 48.5 Å². The summed E-state index contributed by atoms with van der Waals surface area (Å²) in [5.41, 5.74) is 9.77. The monoisotopic (exact) mass is 284 g/mol. The zero-order valence-electron chi connectivity index (χ0n) is 13.0. The van der Waals surface area contributed by atoms with E-state index in [2.05, 4.69) is 49.2 Å². The van der Waals surface area contributed by atoms with Gasteiger partial charge in [-0.3, -0.25) is 4.90 Å². The highest BCUT2D eigenvalue weighted by Crippen LogP contribution is 2.26. The summed E-state index contributed by atoms with van der Waals surface area (Å²) in [5, 5.41) is 0. The Morgan fingerprint density at radius 2 is 1.76 bits per heavy atom. The quantitative estimate of drug-likeness (QED) is 0.885. The van der Waals surface area contributed by atoms with Gasteiger partial charge >= 0.3 is 0 Å². The second-order valence-electron chi connectivity index (χ2n) is 5.34. The third-order valence-electron chi connectivity index (χ3n) is 3.92. The molecule has 0 aliphatic heterocycles. The van der Waals surface area contributed by atoms with E-state index in [1.165, 1.54) is 16.7 Å². The van der Waals surface area contributed by atoms with E-state index in [0.717, 1.165) is 12.3 Å². The molecule has 0 fully saturated rings. The van der Waals surface area contributed by atoms with Gasteiger partial charge in [-0.1, -0.05) is 42.5 Å². The van der Waals surface area contributed by atoms with E-state index in [9.17, 15) is 0 Å². The molecule has 112 valence electrons. The normalized spacial score (nSPS) is 12.4. The van der Waals surface area contributed by atoms with Crippen molar-refractivity contribution in [1.29, 1.82) is 0 Å². The summed E-state index contributed by atoms with van der Waals surface area (Å²) >= 11 is 0. The van der Waals surface area contributed by atoms with Crippen LogP contribution in [0.1, 0.15) is 22.7 Å². The fraction of sp³-hybridized carbons (Fsp3) is 0.333. The van der Waals surface area contributed by atoms with Gasteiger partial charge in [0.1, 0.15) is 5.75 Å². The highest BCUT2D eigenvalue weighted by atomic mass is 16.5. The van der Waals surface area contributed by atoms with Crippen LogP contribution in [-0.2, 0) is 6.54 Å². The van der Waals surface area contributed by atoms with Gasteiger partial charge in [0.2, 0.25) is 0 Å². The lowest BCUT2D eigenvalue weighted by Crippen LogP contribution is -2.30. The van der Waals surface area contributed by atoms with Crippen LogP contribution in [0.25, 0.3) is 0 Å². The van der Waals surface area contributed by atoms with Gasteiger partial charge in [-0.25, -0.2) is 0 Å². The lowest BCUT2D eigenvalue weighted by molar-refractivity contribution is 0.237. The minimum atomic E-state index is 0.205. The predicted octanol–water partition coefficient (Wildman–Crippen LogP) is 3.14. The van der Waals surface area contributed by atoms with Gasteiger partial charge in [0, 0.05) is 24.7 Å². The molecule has 0 aliphatic carbocycles. The number of aryl methyl sites for hydroxylation is 1. The third-order valence-corrected chi connectivity index (χ3v) is 3.92. The second-order valence-corrected chi connectivity index (χ2v) is 5.34. The number of ether oxygens (including phenoxy) is 1. The number of likely N-dealkylation sites (N-methyl/N-ethyl adjacent to an activating group) is 1. The topological polar surface area (TPSA) is 38.5 Å². The van der Waals surface area contributed by atoms with Crippen molar-refractivity contribution in [3.63, 3.8) is 0 Å². The summed E-state index contributed by atoms with van der Waals surface area (Å²) in [4.78, 5) is 2.28. The number of hydrogen-bond acceptors (Lipinski definition) is 3. The summed E-state index contributed by atoms with van der Waals surface area (Å²) < 4.78 is 5.43. The molecule has 0 aromatic heterocycles. The molecule has 21 heavy (non-hydrogen) atoms. The summed E-state index contributed by atoms with van der Waals surface area (Å²) in [6, 6.07) is 16.8. The first-order valence-corrected chi connectivity index (χ1v) is 7.25. The molecule has 2 rings (SSSR count). The lowest BCUT2D eigenvalue weighted by atomic mass is 10.00. The summed E-state index contributed by atoms with van der Waals surface area (Å²) in [6.45, 7) is 3.53. The van der Waals surface area contributed by atoms with E-state index >= 15 is 0 Å². The van der Waals surface area contributed by atoms with Gasteiger partial charge in [-0.15, -0.1) is 0 Å². The van der Waals surface area contributed by atoms with E-state index < -0.39 is 0 Å². The van der Waals surface area contributed by atoms with Gasteiger partial charge < -0.3 is 10.5 Å². The van der Waals surface area contributed by atoms with Crippen LogP contribution < -0.4 is 10.5 Å². The van der Waals surface area contributed by atoms with Crippen LogP contribution >= 0.6 is 0 Å². The molecule has 0 bridgehead atoms. The Balaban J connectivity index is 2.21. The van der Waals surface area contributed by atoms with Crippen LogP contribution in [0.3, 0.4) is 0 Å². The highest BCUT2D eigenvalue weighted by Gasteiger charge is 2.18. The van der Waals surface area contributed by atoms with Gasteiger partial charge in [0.15, 0.2) is 0 Å². The maximum absolute atomic E-state index is 6.03. The summed E-state index contributed by atoms with van der Waals surface area (Å²) in [7, 11) is 3.82. The molecule has 2 N–H and O–H groups in total. The van der Waals surface area contributed by atoms with Crippen LogP contribution in [0.5, 0.6) is 5.75 Å². The molecule has 0 amide bonds. The summed E-state index contributed by atoms with van der Waals surface area (Å²) in [5.74, 6) is 0.921. The predicted molar refractivity (Wildman–Crippen MR) is 87.4 cm³/mol. The van der Waals surface area contributed by atoms with Crippen LogP contribution in [-0.4, -0.2) is 25.6 Å². The fourth-order valence-corrected chi connectivity index (χ4v) is 2.72. The molecule has 0 aliphatic rings. The number of benzene rings is 2. The largest absolute Gasteiger partial charge is 0.496 e. The smallest absolute Gasteiger partial charge is 0.123 e. The first-order valence-electron chi connectivity index (χ1n) is 7.25. The maximum atomic E-state index is 6.03. The Morgan fingerprint density at radius 3 is 2.43 bits per heavy atom. The Kier molecular flexibility index (Phi) is 5.37. The highest BCUT2D eigenvalue weighted by molar-refractivity contribution is 5.34. The average molecular weight is 284 g/mol. The zero-order chi connectivity index (χ0) is 15.2. The molecular weight excluding hydrogens is 260 g/mol. The van der Waals surface area contributed by atoms with Gasteiger partial charge in [0.25, 0.3) is 0 Å². The van der Waals surface area contributed by atoms with Crippen LogP contribution in [0.4, 0.5) is 0 Å². The second kappa shape index (κ2) is 7.25. The SMILES string of the molecule is COc1ccccc1CN(C)C(CN)c1ccccc1C. The van der Waals surface area contributed by atoms with Gasteiger partial charge in [-0.2, -0.15) is 0 Å². The van der Waals surface area contributed by atoms with Crippen molar-refractivity contribution in [3.8, 4) is 5.75 Å². The van der Waals surface area contributed by atoms with Crippen LogP contribution in [0, 0.1) is 6.92 Å². The summed E-state index contributed by atoms with van der Waals surface area (Å²) in [6.07, 6.45) is 0. The van der Waals surface area contributed by atoms with Crippen molar-refractivity contribution in [2.45, 2.75) is 19.5 Å². The number of para-hydroxylation sites is 1. The molecule has 2 aromatic carbocycles. The molecule has 0 heterocycles. The Labute approximate surface area is 127 Å². The van der Waals surface area contributed by atoms with E-state index in [-0.39, 0.29) is 6.04 Å². The molecule has 1 unspecified atom stereocenters. The molecule has 0 spiro atoms.